The second kappa shape index (κ2) is 8.15. The molecular weight excluding hydrogens is 348 g/mol. The molecule has 4 rings (SSSR count). The largest absolute Gasteiger partial charge is 0.309 e. The van der Waals surface area contributed by atoms with Gasteiger partial charge in [-0.2, -0.15) is 0 Å². The van der Waals surface area contributed by atoms with Gasteiger partial charge in [0.1, 0.15) is 0 Å². The third-order valence-corrected chi connectivity index (χ3v) is 5.78. The van der Waals surface area contributed by atoms with Crippen LogP contribution in [0.15, 0.2) is 54.6 Å². The fourth-order valence-corrected chi connectivity index (χ4v) is 3.93. The van der Waals surface area contributed by atoms with Gasteiger partial charge < -0.3 is 9.47 Å². The Hall–Kier alpha value is -2.66. The molecular formula is C23H28N4O. The van der Waals surface area contributed by atoms with Crippen molar-refractivity contribution in [3.63, 3.8) is 0 Å². The summed E-state index contributed by atoms with van der Waals surface area (Å²) in [7, 11) is 0. The molecule has 5 nitrogen and oxygen atoms in total. The third-order valence-electron chi connectivity index (χ3n) is 5.78. The Bertz CT molecular complexity index is 946. The van der Waals surface area contributed by atoms with E-state index in [2.05, 4.69) is 46.8 Å². The Balaban J connectivity index is 1.51. The van der Waals surface area contributed by atoms with Crippen LogP contribution in [0.25, 0.3) is 11.0 Å². The molecule has 1 heterocycles. The van der Waals surface area contributed by atoms with Crippen molar-refractivity contribution in [2.75, 3.05) is 25.0 Å². The Kier molecular flexibility index (Phi) is 5.44. The van der Waals surface area contributed by atoms with Gasteiger partial charge in [0.15, 0.2) is 0 Å². The number of benzene rings is 2. The number of fused-ring (bicyclic) bond motifs is 1. The molecule has 0 spiro atoms. The lowest BCUT2D eigenvalue weighted by molar-refractivity contribution is -0.117. The molecule has 28 heavy (non-hydrogen) atoms. The van der Waals surface area contributed by atoms with Crippen LogP contribution in [-0.4, -0.2) is 40.0 Å². The van der Waals surface area contributed by atoms with Crippen LogP contribution in [0.5, 0.6) is 0 Å². The van der Waals surface area contributed by atoms with E-state index in [4.69, 9.17) is 4.98 Å². The number of likely N-dealkylation sites (N-methyl/N-ethyl adjacent to an activating group) is 1. The summed E-state index contributed by atoms with van der Waals surface area (Å²) in [6.07, 6.45) is 0.912. The van der Waals surface area contributed by atoms with Crippen LogP contribution in [0.1, 0.15) is 31.7 Å². The van der Waals surface area contributed by atoms with Gasteiger partial charge in [-0.1, -0.05) is 56.3 Å². The standard InChI is InChI=1S/C23H28N4O/c1-3-26(4-2)14-15-27-21-13-9-8-12-20(21)24-23(27)25-22(28)19-16-18(19)17-10-6-5-7-11-17/h5-13,18-19H,3-4,14-16H2,1-2H3,(H,24,25,28)/t18-,19+/m1/s1. The molecule has 2 aromatic carbocycles. The quantitative estimate of drug-likeness (QED) is 0.643. The highest BCUT2D eigenvalue weighted by molar-refractivity contribution is 5.95. The molecule has 1 fully saturated rings. The number of para-hydroxylation sites is 2. The normalized spacial score (nSPS) is 18.5. The third kappa shape index (κ3) is 3.80. The number of hydrogen-bond donors (Lipinski definition) is 1. The molecule has 1 aliphatic rings. The van der Waals surface area contributed by atoms with E-state index >= 15 is 0 Å². The second-order valence-corrected chi connectivity index (χ2v) is 7.45. The first-order valence-electron chi connectivity index (χ1n) is 10.2. The van der Waals surface area contributed by atoms with Crippen LogP contribution in [0.4, 0.5) is 5.95 Å². The van der Waals surface area contributed by atoms with Crippen molar-refractivity contribution in [1.29, 1.82) is 0 Å². The van der Waals surface area contributed by atoms with Crippen molar-refractivity contribution in [2.24, 2.45) is 5.92 Å². The lowest BCUT2D eigenvalue weighted by Gasteiger charge is -2.19. The summed E-state index contributed by atoms with van der Waals surface area (Å²) in [4.78, 5) is 19.9. The number of amides is 1. The van der Waals surface area contributed by atoms with E-state index in [1.807, 2.05) is 36.4 Å². The molecule has 1 amide bonds. The van der Waals surface area contributed by atoms with E-state index < -0.39 is 0 Å². The Morgan fingerprint density at radius 2 is 1.82 bits per heavy atom. The SMILES string of the molecule is CCN(CC)CCn1c(NC(=O)[C@H]2C[C@@H]2c2ccccc2)nc2ccccc21. The van der Waals surface area contributed by atoms with Crippen LogP contribution in [-0.2, 0) is 11.3 Å². The highest BCUT2D eigenvalue weighted by atomic mass is 16.2. The predicted molar refractivity (Wildman–Crippen MR) is 113 cm³/mol. The van der Waals surface area contributed by atoms with E-state index in [-0.39, 0.29) is 11.8 Å². The van der Waals surface area contributed by atoms with Gasteiger partial charge in [0.2, 0.25) is 11.9 Å². The number of nitrogens with zero attached hydrogens (tertiary/aromatic N) is 3. The predicted octanol–water partition coefficient (Wildman–Crippen LogP) is 4.12. The molecule has 0 saturated heterocycles. The summed E-state index contributed by atoms with van der Waals surface area (Å²) in [5, 5.41) is 3.12. The lowest BCUT2D eigenvalue weighted by atomic mass is 10.1. The number of rotatable bonds is 8. The fraction of sp³-hybridized carbons (Fsp3) is 0.391. The molecule has 3 aromatic rings. The van der Waals surface area contributed by atoms with Crippen molar-refractivity contribution in [3.05, 3.63) is 60.2 Å². The molecule has 0 unspecified atom stereocenters. The van der Waals surface area contributed by atoms with Gasteiger partial charge in [0.25, 0.3) is 0 Å². The maximum absolute atomic E-state index is 12.9. The van der Waals surface area contributed by atoms with Gasteiger partial charge in [-0.05, 0) is 43.1 Å². The molecule has 2 atom stereocenters. The van der Waals surface area contributed by atoms with Crippen LogP contribution >= 0.6 is 0 Å². The van der Waals surface area contributed by atoms with Crippen LogP contribution < -0.4 is 5.32 Å². The zero-order chi connectivity index (χ0) is 19.5. The summed E-state index contributed by atoms with van der Waals surface area (Å²) in [5.41, 5.74) is 3.24. The average Bonchev–Trinajstić information content (AvgIpc) is 3.47. The first kappa shape index (κ1) is 18.7. The van der Waals surface area contributed by atoms with Crippen LogP contribution in [0.3, 0.4) is 0 Å². The second-order valence-electron chi connectivity index (χ2n) is 7.45. The van der Waals surface area contributed by atoms with E-state index in [0.717, 1.165) is 43.6 Å². The van der Waals surface area contributed by atoms with Crippen LogP contribution in [0, 0.1) is 5.92 Å². The van der Waals surface area contributed by atoms with Gasteiger partial charge in [0, 0.05) is 19.0 Å². The Morgan fingerprint density at radius 3 is 2.57 bits per heavy atom. The fourth-order valence-electron chi connectivity index (χ4n) is 3.93. The summed E-state index contributed by atoms with van der Waals surface area (Å²) in [6, 6.07) is 18.4. The van der Waals surface area contributed by atoms with E-state index in [1.54, 1.807) is 0 Å². The smallest absolute Gasteiger partial charge is 0.230 e. The van der Waals surface area contributed by atoms with Gasteiger partial charge in [-0.3, -0.25) is 10.1 Å². The van der Waals surface area contributed by atoms with E-state index in [0.29, 0.717) is 11.9 Å². The number of hydrogen-bond acceptors (Lipinski definition) is 3. The highest BCUT2D eigenvalue weighted by Gasteiger charge is 2.44. The van der Waals surface area contributed by atoms with Gasteiger partial charge in [-0.15, -0.1) is 0 Å². The molecule has 0 bridgehead atoms. The zero-order valence-corrected chi connectivity index (χ0v) is 16.6. The first-order chi connectivity index (χ1) is 13.7. The highest BCUT2D eigenvalue weighted by Crippen LogP contribution is 2.47. The van der Waals surface area contributed by atoms with Crippen LogP contribution in [0.2, 0.25) is 0 Å². The number of carbonyl (C=O) groups excluding carboxylic acids is 1. The number of anilines is 1. The number of imidazole rings is 1. The van der Waals surface area contributed by atoms with E-state index in [9.17, 15) is 4.79 Å². The first-order valence-corrected chi connectivity index (χ1v) is 10.2. The molecule has 0 radical (unpaired) electrons. The van der Waals surface area contributed by atoms with Crippen molar-refractivity contribution in [3.8, 4) is 0 Å². The number of aromatic nitrogens is 2. The van der Waals surface area contributed by atoms with Crippen molar-refractivity contribution in [1.82, 2.24) is 14.5 Å². The molecule has 1 N–H and O–H groups in total. The lowest BCUT2D eigenvalue weighted by Crippen LogP contribution is -2.28. The maximum Gasteiger partial charge on any atom is 0.230 e. The summed E-state index contributed by atoms with van der Waals surface area (Å²) in [6.45, 7) is 8.14. The number of carbonyl (C=O) groups is 1. The maximum atomic E-state index is 12.9. The van der Waals surface area contributed by atoms with Crippen molar-refractivity contribution in [2.45, 2.75) is 32.7 Å². The van der Waals surface area contributed by atoms with Gasteiger partial charge in [0.05, 0.1) is 11.0 Å². The van der Waals surface area contributed by atoms with E-state index in [1.165, 1.54) is 5.56 Å². The Morgan fingerprint density at radius 1 is 1.11 bits per heavy atom. The topological polar surface area (TPSA) is 50.2 Å². The van der Waals surface area contributed by atoms with Crippen molar-refractivity contribution >= 4 is 22.9 Å². The molecule has 0 aliphatic heterocycles. The summed E-state index contributed by atoms with van der Waals surface area (Å²) >= 11 is 0. The minimum absolute atomic E-state index is 0.0402. The monoisotopic (exact) mass is 376 g/mol. The van der Waals surface area contributed by atoms with Crippen molar-refractivity contribution < 1.29 is 4.79 Å². The van der Waals surface area contributed by atoms with Gasteiger partial charge in [-0.25, -0.2) is 4.98 Å². The average molecular weight is 377 g/mol. The zero-order valence-electron chi connectivity index (χ0n) is 16.6. The number of nitrogens with one attached hydrogen (secondary N) is 1. The minimum Gasteiger partial charge on any atom is -0.309 e. The molecule has 1 saturated carbocycles. The Labute approximate surface area is 166 Å². The minimum atomic E-state index is 0.0402. The molecule has 1 aromatic heterocycles. The summed E-state index contributed by atoms with van der Waals surface area (Å²) < 4.78 is 2.14. The molecule has 5 heteroatoms. The summed E-state index contributed by atoms with van der Waals surface area (Å²) in [5.74, 6) is 1.11. The molecule has 1 aliphatic carbocycles. The van der Waals surface area contributed by atoms with Gasteiger partial charge >= 0.3 is 0 Å². The molecule has 146 valence electrons.